The minimum absolute atomic E-state index is 0. The molecule has 0 radical (unpaired) electrons. The fourth-order valence-electron chi connectivity index (χ4n) is 1.80. The average molecular weight is 280 g/mol. The van der Waals surface area contributed by atoms with Gasteiger partial charge in [-0.2, -0.15) is 0 Å². The first-order valence-electron chi connectivity index (χ1n) is 5.82. The molecule has 0 atom stereocenters. The van der Waals surface area contributed by atoms with Crippen LogP contribution in [0.25, 0.3) is 5.69 Å². The number of carbonyl (C=O) groups is 1. The maximum Gasteiger partial charge on any atom is 0.272 e. The van der Waals surface area contributed by atoms with Gasteiger partial charge in [0.25, 0.3) is 5.91 Å². The van der Waals surface area contributed by atoms with Gasteiger partial charge in [0.1, 0.15) is 0 Å². The number of aromatic nitrogens is 3. The molecule has 0 saturated carbocycles. The molecular formula is C12H14ClN5O. The Labute approximate surface area is 116 Å². The zero-order valence-corrected chi connectivity index (χ0v) is 10.9. The number of rotatable bonds is 3. The lowest BCUT2D eigenvalue weighted by Crippen LogP contribution is -2.57. The highest BCUT2D eigenvalue weighted by atomic mass is 35.5. The van der Waals surface area contributed by atoms with E-state index in [0.29, 0.717) is 5.69 Å². The summed E-state index contributed by atoms with van der Waals surface area (Å²) in [4.78, 5) is 12.1. The Balaban J connectivity index is 0.00000133. The van der Waals surface area contributed by atoms with Crippen LogP contribution in [0.2, 0.25) is 0 Å². The van der Waals surface area contributed by atoms with Crippen LogP contribution in [0.5, 0.6) is 0 Å². The van der Waals surface area contributed by atoms with Gasteiger partial charge in [0, 0.05) is 13.1 Å². The molecule has 0 bridgehead atoms. The third-order valence-electron chi connectivity index (χ3n) is 2.90. The molecule has 1 aromatic carbocycles. The minimum atomic E-state index is -0.143. The Morgan fingerprint density at radius 1 is 1.32 bits per heavy atom. The first kappa shape index (κ1) is 13.5. The van der Waals surface area contributed by atoms with Crippen molar-refractivity contribution in [3.8, 4) is 5.69 Å². The standard InChI is InChI=1S/C12H13N5O.ClH/c18-12(15-9-6-13-7-9)11-8-14-16-17(11)10-4-2-1-3-5-10;/h1-5,8-9,13H,6-7H2,(H,15,18);1H. The molecule has 0 aliphatic carbocycles. The van der Waals surface area contributed by atoms with Crippen molar-refractivity contribution in [2.24, 2.45) is 0 Å². The Kier molecular flexibility index (Phi) is 4.13. The van der Waals surface area contributed by atoms with Gasteiger partial charge in [-0.25, -0.2) is 4.68 Å². The lowest BCUT2D eigenvalue weighted by molar-refractivity contribution is 0.0916. The fraction of sp³-hybridized carbons (Fsp3) is 0.250. The molecule has 19 heavy (non-hydrogen) atoms. The number of amides is 1. The smallest absolute Gasteiger partial charge is 0.272 e. The molecule has 3 rings (SSSR count). The van der Waals surface area contributed by atoms with Crippen molar-refractivity contribution in [1.29, 1.82) is 0 Å². The largest absolute Gasteiger partial charge is 0.345 e. The molecule has 1 fully saturated rings. The van der Waals surface area contributed by atoms with Crippen LogP contribution < -0.4 is 10.6 Å². The van der Waals surface area contributed by atoms with E-state index in [-0.39, 0.29) is 24.4 Å². The van der Waals surface area contributed by atoms with Crippen molar-refractivity contribution in [3.63, 3.8) is 0 Å². The first-order valence-corrected chi connectivity index (χ1v) is 5.82. The summed E-state index contributed by atoms with van der Waals surface area (Å²) in [6, 6.07) is 9.69. The summed E-state index contributed by atoms with van der Waals surface area (Å²) in [5, 5.41) is 13.8. The van der Waals surface area contributed by atoms with E-state index >= 15 is 0 Å². The average Bonchev–Trinajstić information content (AvgIpc) is 2.84. The summed E-state index contributed by atoms with van der Waals surface area (Å²) in [5.41, 5.74) is 1.28. The van der Waals surface area contributed by atoms with E-state index in [2.05, 4.69) is 20.9 Å². The highest BCUT2D eigenvalue weighted by Gasteiger charge is 2.22. The predicted molar refractivity (Wildman–Crippen MR) is 72.7 cm³/mol. The topological polar surface area (TPSA) is 71.8 Å². The Hall–Kier alpha value is -1.92. The number of nitrogens with zero attached hydrogens (tertiary/aromatic N) is 3. The zero-order valence-electron chi connectivity index (χ0n) is 10.1. The lowest BCUT2D eigenvalue weighted by Gasteiger charge is -2.27. The maximum atomic E-state index is 12.1. The van der Waals surface area contributed by atoms with Crippen LogP contribution in [-0.4, -0.2) is 40.0 Å². The molecule has 0 spiro atoms. The number of halogens is 1. The van der Waals surface area contributed by atoms with Gasteiger partial charge in [0.15, 0.2) is 5.69 Å². The third-order valence-corrected chi connectivity index (χ3v) is 2.90. The van der Waals surface area contributed by atoms with E-state index in [9.17, 15) is 4.79 Å². The fourth-order valence-corrected chi connectivity index (χ4v) is 1.80. The van der Waals surface area contributed by atoms with E-state index in [4.69, 9.17) is 0 Å². The van der Waals surface area contributed by atoms with E-state index in [1.165, 1.54) is 6.20 Å². The molecule has 100 valence electrons. The van der Waals surface area contributed by atoms with E-state index in [0.717, 1.165) is 18.8 Å². The van der Waals surface area contributed by atoms with Gasteiger partial charge in [-0.05, 0) is 12.1 Å². The van der Waals surface area contributed by atoms with Crippen LogP contribution >= 0.6 is 12.4 Å². The maximum absolute atomic E-state index is 12.1. The van der Waals surface area contributed by atoms with Crippen molar-refractivity contribution < 1.29 is 4.79 Å². The number of para-hydroxylation sites is 1. The van der Waals surface area contributed by atoms with Crippen LogP contribution in [-0.2, 0) is 0 Å². The second-order valence-corrected chi connectivity index (χ2v) is 4.20. The molecule has 1 aromatic heterocycles. The van der Waals surface area contributed by atoms with Crippen molar-refractivity contribution in [1.82, 2.24) is 25.6 Å². The SMILES string of the molecule is Cl.O=C(NC1CNC1)c1cnnn1-c1ccccc1. The Bertz CT molecular complexity index is 552. The van der Waals surface area contributed by atoms with Gasteiger partial charge in [-0.1, -0.05) is 23.4 Å². The molecule has 1 aliphatic rings. The molecule has 2 aromatic rings. The van der Waals surface area contributed by atoms with Crippen molar-refractivity contribution in [2.75, 3.05) is 13.1 Å². The highest BCUT2D eigenvalue weighted by Crippen LogP contribution is 2.09. The third kappa shape index (κ3) is 2.74. The van der Waals surface area contributed by atoms with E-state index in [1.54, 1.807) is 4.68 Å². The second kappa shape index (κ2) is 5.81. The van der Waals surface area contributed by atoms with Gasteiger partial charge in [-0.15, -0.1) is 17.5 Å². The van der Waals surface area contributed by atoms with Crippen LogP contribution in [0.3, 0.4) is 0 Å². The minimum Gasteiger partial charge on any atom is -0.345 e. The monoisotopic (exact) mass is 279 g/mol. The molecule has 1 amide bonds. The summed E-state index contributed by atoms with van der Waals surface area (Å²) in [6.07, 6.45) is 1.48. The summed E-state index contributed by atoms with van der Waals surface area (Å²) in [6.45, 7) is 1.64. The number of carbonyl (C=O) groups excluding carboxylic acids is 1. The van der Waals surface area contributed by atoms with Gasteiger partial charge in [0.2, 0.25) is 0 Å². The van der Waals surface area contributed by atoms with Crippen LogP contribution in [0.15, 0.2) is 36.5 Å². The molecule has 1 saturated heterocycles. The molecular weight excluding hydrogens is 266 g/mol. The van der Waals surface area contributed by atoms with Crippen LogP contribution in [0.4, 0.5) is 0 Å². The van der Waals surface area contributed by atoms with Gasteiger partial charge in [-0.3, -0.25) is 4.79 Å². The number of hydrogen-bond acceptors (Lipinski definition) is 4. The summed E-state index contributed by atoms with van der Waals surface area (Å²) < 4.78 is 1.54. The molecule has 2 N–H and O–H groups in total. The number of nitrogens with one attached hydrogen (secondary N) is 2. The Morgan fingerprint density at radius 3 is 2.68 bits per heavy atom. The zero-order chi connectivity index (χ0) is 12.4. The number of benzene rings is 1. The Morgan fingerprint density at radius 2 is 2.05 bits per heavy atom. The van der Waals surface area contributed by atoms with Crippen LogP contribution in [0, 0.1) is 0 Å². The van der Waals surface area contributed by atoms with Crippen LogP contribution in [0.1, 0.15) is 10.5 Å². The lowest BCUT2D eigenvalue weighted by atomic mass is 10.2. The van der Waals surface area contributed by atoms with Gasteiger partial charge >= 0.3 is 0 Å². The van der Waals surface area contributed by atoms with E-state index in [1.807, 2.05) is 30.3 Å². The highest BCUT2D eigenvalue weighted by molar-refractivity contribution is 5.93. The van der Waals surface area contributed by atoms with Crippen molar-refractivity contribution >= 4 is 18.3 Å². The number of hydrogen-bond donors (Lipinski definition) is 2. The first-order chi connectivity index (χ1) is 8.84. The van der Waals surface area contributed by atoms with Crippen molar-refractivity contribution in [2.45, 2.75) is 6.04 Å². The van der Waals surface area contributed by atoms with E-state index < -0.39 is 0 Å². The summed E-state index contributed by atoms with van der Waals surface area (Å²) in [5.74, 6) is -0.143. The molecule has 2 heterocycles. The summed E-state index contributed by atoms with van der Waals surface area (Å²) in [7, 11) is 0. The predicted octanol–water partition coefficient (Wildman–Crippen LogP) is 0.391. The molecule has 6 nitrogen and oxygen atoms in total. The molecule has 7 heteroatoms. The normalized spacial score (nSPS) is 14.3. The quantitative estimate of drug-likeness (QED) is 0.853. The van der Waals surface area contributed by atoms with Gasteiger partial charge < -0.3 is 10.6 Å². The second-order valence-electron chi connectivity index (χ2n) is 4.20. The van der Waals surface area contributed by atoms with Crippen molar-refractivity contribution in [3.05, 3.63) is 42.2 Å². The summed E-state index contributed by atoms with van der Waals surface area (Å²) >= 11 is 0. The van der Waals surface area contributed by atoms with Gasteiger partial charge in [0.05, 0.1) is 17.9 Å². The molecule has 0 unspecified atom stereocenters. The molecule has 1 aliphatic heterocycles.